The normalized spacial score (nSPS) is 13.3. The van der Waals surface area contributed by atoms with Gasteiger partial charge in [-0.05, 0) is 175 Å². The van der Waals surface area contributed by atoms with Crippen molar-refractivity contribution in [2.24, 2.45) is 17.6 Å². The number of fused-ring (bicyclic) bond motifs is 2. The number of carbonyl (C=O) groups excluding carboxylic acids is 3. The summed E-state index contributed by atoms with van der Waals surface area (Å²) in [6, 6.07) is 25.7. The van der Waals surface area contributed by atoms with Crippen LogP contribution in [0.15, 0.2) is 118 Å². The number of carbonyl (C=O) groups is 4. The molecule has 0 aliphatic carbocycles. The molecule has 2 atom stereocenters. The van der Waals surface area contributed by atoms with Crippen molar-refractivity contribution in [2.45, 2.75) is 144 Å². The Bertz CT molecular complexity index is 4360. The minimum atomic E-state index is -3.52. The van der Waals surface area contributed by atoms with Crippen molar-refractivity contribution in [3.8, 4) is 45.9 Å². The van der Waals surface area contributed by atoms with Crippen LogP contribution in [0.2, 0.25) is 15.1 Å². The summed E-state index contributed by atoms with van der Waals surface area (Å²) in [4.78, 5) is 71.0. The average Bonchev–Trinajstić information content (AvgIpc) is 1.56. The molecule has 5 heterocycles. The number of pyridine rings is 1. The first kappa shape index (κ1) is 76.6. The molecule has 2 aliphatic heterocycles. The number of ether oxygens (including phenoxy) is 6. The van der Waals surface area contributed by atoms with Gasteiger partial charge in [0.25, 0.3) is 5.56 Å². The standard InChI is InChI=1S/C23H32N2O4.C18H22ClNO3.C16H17N3O5S.C15H12Cl2O4/c1-7-16-13-15(3)14-17(8-2)18(16)19-20(26)24-9-11-28-12-10-25(24)21(19)29-22(27)23(4,5)6;1-3-4-5-7-13(2)23-17(21)12-22-16-10-9-15(19)14-8-6-11-20-18(14)16;1-9-10(15(20)11-8-17-19(2)16(11)21)4-5-13(25(3,22)23)14(9)12-6-7-24-18-12;1-9(15(18)19)20-11-3-5-12(6-4-11)21-14-7-2-10(16)8-13(14)17/h13-14H,7-12H2,1-6H3;6,8-11,13H,3-5,7,12H2,1-2H3;4-5,8,21H,6-7H2,1-3H3;2-9H,1H3,(H,18,19). The average molecular weight is 1430 g/mol. The molecule has 0 spiro atoms. The van der Waals surface area contributed by atoms with Crippen LogP contribution >= 0.6 is 34.8 Å². The van der Waals surface area contributed by atoms with E-state index in [2.05, 4.69) is 55.1 Å². The number of halogens is 3. The van der Waals surface area contributed by atoms with Gasteiger partial charge in [-0.2, -0.15) is 5.10 Å². The molecule has 0 saturated heterocycles. The van der Waals surface area contributed by atoms with Crippen LogP contribution in [0, 0.1) is 19.3 Å². The number of aryl methyl sites for hydroxylation is 4. The molecule has 22 nitrogen and oxygen atoms in total. The van der Waals surface area contributed by atoms with E-state index in [1.807, 2.05) is 39.8 Å². The lowest BCUT2D eigenvalue weighted by molar-refractivity contribution is -0.151. The number of hydrogen-bond donors (Lipinski definition) is 2. The summed E-state index contributed by atoms with van der Waals surface area (Å²) >= 11 is 18.0. The SMILES string of the molecule is CC(Oc1ccc(Oc2ccc(Cl)cc2Cl)cc1)C(=O)O.CCCCCC(C)OC(=O)COc1ccc(Cl)c2cccnc12.CCc1cc(C)cc(CC)c1-c1c(OC(=O)C(C)(C)C)n2n(c1=O)CCOCC2.Cc1c(C(=O)c2cnn(C)c2O)ccc(S(C)(=O)=O)c1C1=NOCC1. The Morgan fingerprint density at radius 3 is 2.04 bits per heavy atom. The van der Waals surface area contributed by atoms with E-state index in [0.717, 1.165) is 66.9 Å². The van der Waals surface area contributed by atoms with E-state index < -0.39 is 33.1 Å². The Balaban J connectivity index is 0.000000185. The Kier molecular flexibility index (Phi) is 27.1. The van der Waals surface area contributed by atoms with Crippen molar-refractivity contribution in [1.82, 2.24) is 24.1 Å². The molecule has 8 aromatic rings. The van der Waals surface area contributed by atoms with Crippen LogP contribution in [0.1, 0.15) is 131 Å². The summed E-state index contributed by atoms with van der Waals surface area (Å²) in [5.41, 5.74) is 6.30. The Labute approximate surface area is 585 Å². The molecule has 0 bridgehead atoms. The predicted octanol–water partition coefficient (Wildman–Crippen LogP) is 14.3. The first-order valence-electron chi connectivity index (χ1n) is 32.0. The molecule has 10 rings (SSSR count). The van der Waals surface area contributed by atoms with Gasteiger partial charge in [0.05, 0.1) is 64.7 Å². The fourth-order valence-corrected chi connectivity index (χ4v) is 12.1. The third kappa shape index (κ3) is 19.8. The van der Waals surface area contributed by atoms with Gasteiger partial charge in [-0.3, -0.25) is 19.4 Å². The zero-order valence-electron chi connectivity index (χ0n) is 57.0. The minimum Gasteiger partial charge on any atom is -0.493 e. The van der Waals surface area contributed by atoms with Crippen molar-refractivity contribution in [1.29, 1.82) is 0 Å². The molecule has 2 aliphatic rings. The number of aromatic hydroxyl groups is 1. The van der Waals surface area contributed by atoms with Gasteiger partial charge >= 0.3 is 17.9 Å². The second kappa shape index (κ2) is 34.7. The predicted molar refractivity (Wildman–Crippen MR) is 376 cm³/mol. The fourth-order valence-electron chi connectivity index (χ4n) is 10.5. The molecule has 0 saturated carbocycles. The van der Waals surface area contributed by atoms with Gasteiger partial charge in [-0.15, -0.1) is 0 Å². The highest BCUT2D eigenvalue weighted by atomic mass is 35.5. The number of esters is 2. The molecule has 2 N–H and O–H groups in total. The molecule has 5 aromatic carbocycles. The van der Waals surface area contributed by atoms with Gasteiger partial charge in [-0.25, -0.2) is 32.1 Å². The third-order valence-electron chi connectivity index (χ3n) is 15.6. The highest BCUT2D eigenvalue weighted by Crippen LogP contribution is 2.38. The highest BCUT2D eigenvalue weighted by Gasteiger charge is 2.33. The van der Waals surface area contributed by atoms with E-state index in [1.54, 1.807) is 77.1 Å². The largest absolute Gasteiger partial charge is 0.493 e. The van der Waals surface area contributed by atoms with Crippen LogP contribution in [-0.2, 0) is 71.5 Å². The number of benzene rings is 5. The van der Waals surface area contributed by atoms with Gasteiger partial charge in [0.1, 0.15) is 46.2 Å². The lowest BCUT2D eigenvalue weighted by Gasteiger charge is -2.19. The second-order valence-corrected chi connectivity index (χ2v) is 27.5. The fraction of sp³-hybridized carbons (Fsp3) is 0.389. The van der Waals surface area contributed by atoms with Gasteiger partial charge in [-0.1, -0.05) is 91.3 Å². The van der Waals surface area contributed by atoms with E-state index in [9.17, 15) is 37.5 Å². The van der Waals surface area contributed by atoms with Crippen LogP contribution in [0.25, 0.3) is 22.0 Å². The molecule has 0 fully saturated rings. The molecular formula is C72H83Cl3N6O16S. The van der Waals surface area contributed by atoms with Crippen molar-refractivity contribution in [3.05, 3.63) is 168 Å². The number of nitrogens with zero attached hydrogens (tertiary/aromatic N) is 6. The number of sulfone groups is 1. The lowest BCUT2D eigenvalue weighted by Crippen LogP contribution is -2.27. The molecule has 26 heteroatoms. The van der Waals surface area contributed by atoms with Crippen LogP contribution < -0.4 is 24.5 Å². The number of rotatable bonds is 21. The molecule has 2 unspecified atom stereocenters. The summed E-state index contributed by atoms with van der Waals surface area (Å²) in [6.45, 7) is 20.9. The number of oxime groups is 1. The summed E-state index contributed by atoms with van der Waals surface area (Å²) in [6.07, 6.45) is 9.35. The van der Waals surface area contributed by atoms with Crippen molar-refractivity contribution >= 4 is 84.9 Å². The van der Waals surface area contributed by atoms with Crippen LogP contribution in [0.5, 0.6) is 34.8 Å². The third-order valence-corrected chi connectivity index (χ3v) is 17.6. The van der Waals surface area contributed by atoms with Crippen LogP contribution in [-0.4, -0.2) is 117 Å². The molecule has 98 heavy (non-hydrogen) atoms. The Morgan fingerprint density at radius 2 is 1.45 bits per heavy atom. The quantitative estimate of drug-likeness (QED) is 0.0384. The Hall–Kier alpha value is -8.74. The zero-order chi connectivity index (χ0) is 71.8. The first-order valence-corrected chi connectivity index (χ1v) is 35.0. The molecule has 524 valence electrons. The minimum absolute atomic E-state index is 0.0493. The first-order chi connectivity index (χ1) is 46.5. The number of carboxylic acid groups (broad SMARTS) is 1. The van der Waals surface area contributed by atoms with E-state index in [1.165, 1.54) is 42.5 Å². The van der Waals surface area contributed by atoms with E-state index in [4.69, 9.17) is 73.2 Å². The lowest BCUT2D eigenvalue weighted by atomic mass is 9.91. The summed E-state index contributed by atoms with van der Waals surface area (Å²) in [7, 11) is -2.00. The number of aromatic nitrogens is 5. The molecule has 0 amide bonds. The number of hydrogen-bond acceptors (Lipinski definition) is 18. The van der Waals surface area contributed by atoms with Gasteiger partial charge in [0, 0.05) is 47.5 Å². The topological polar surface area (TPSA) is 277 Å². The second-order valence-electron chi connectivity index (χ2n) is 24.3. The van der Waals surface area contributed by atoms with Crippen LogP contribution in [0.4, 0.5) is 0 Å². The number of unbranched alkanes of at least 4 members (excludes halogenated alkanes) is 2. The number of aliphatic carboxylic acids is 1. The van der Waals surface area contributed by atoms with E-state index in [0.29, 0.717) is 111 Å². The summed E-state index contributed by atoms with van der Waals surface area (Å²) < 4.78 is 62.1. The maximum absolute atomic E-state index is 13.5. The van der Waals surface area contributed by atoms with Crippen molar-refractivity contribution in [2.75, 3.05) is 32.7 Å². The van der Waals surface area contributed by atoms with Crippen molar-refractivity contribution < 1.29 is 71.1 Å². The van der Waals surface area contributed by atoms with E-state index in [-0.39, 0.29) is 52.1 Å². The maximum Gasteiger partial charge on any atom is 0.344 e. The Morgan fingerprint density at radius 1 is 0.786 bits per heavy atom. The maximum atomic E-state index is 13.5. The van der Waals surface area contributed by atoms with Gasteiger partial charge in [0.15, 0.2) is 28.3 Å². The van der Waals surface area contributed by atoms with Crippen molar-refractivity contribution in [3.63, 3.8) is 0 Å². The van der Waals surface area contributed by atoms with E-state index >= 15 is 0 Å². The van der Waals surface area contributed by atoms with Gasteiger partial charge < -0.3 is 43.5 Å². The van der Waals surface area contributed by atoms with Gasteiger partial charge in [0.2, 0.25) is 11.8 Å². The van der Waals surface area contributed by atoms with Crippen LogP contribution in [0.3, 0.4) is 0 Å². The zero-order valence-corrected chi connectivity index (χ0v) is 60.1. The summed E-state index contributed by atoms with van der Waals surface area (Å²) in [5.74, 6) is -0.0928. The molecule has 3 aromatic heterocycles. The highest BCUT2D eigenvalue weighted by molar-refractivity contribution is 7.90. The number of carboxylic acids is 1. The number of ketones is 1. The smallest absolute Gasteiger partial charge is 0.344 e. The monoisotopic (exact) mass is 1420 g/mol. The molecular weight excluding hydrogens is 1340 g/mol. The summed E-state index contributed by atoms with van der Waals surface area (Å²) in [5, 5.41) is 28.8. The molecule has 0 radical (unpaired) electrons.